The molecule has 3 unspecified atom stereocenters. The summed E-state index contributed by atoms with van der Waals surface area (Å²) in [5.41, 5.74) is 7.74. The number of esters is 1. The van der Waals surface area contributed by atoms with Crippen LogP contribution < -0.4 is 11.1 Å². The van der Waals surface area contributed by atoms with Gasteiger partial charge in [0, 0.05) is 17.4 Å². The molecule has 0 bridgehead atoms. The average molecular weight is 290 g/mol. The number of nitrogens with one attached hydrogen (secondary N) is 1. The molecule has 1 aromatic rings. The van der Waals surface area contributed by atoms with Gasteiger partial charge in [-0.15, -0.1) is 0 Å². The Morgan fingerprint density at radius 2 is 2.14 bits per heavy atom. The minimum atomic E-state index is -0.316. The lowest BCUT2D eigenvalue weighted by Crippen LogP contribution is -2.33. The first-order valence-corrected chi connectivity index (χ1v) is 7.84. The zero-order valence-electron chi connectivity index (χ0n) is 13.2. The predicted octanol–water partition coefficient (Wildman–Crippen LogP) is 3.68. The summed E-state index contributed by atoms with van der Waals surface area (Å²) >= 11 is 0. The summed E-state index contributed by atoms with van der Waals surface area (Å²) in [5.74, 6) is 1.07. The number of hydrogen-bond donors (Lipinski definition) is 2. The van der Waals surface area contributed by atoms with E-state index in [1.807, 2.05) is 19.1 Å². The molecule has 3 N–H and O–H groups in total. The molecule has 0 amide bonds. The van der Waals surface area contributed by atoms with Crippen molar-refractivity contribution in [2.75, 3.05) is 17.7 Å². The van der Waals surface area contributed by atoms with Crippen LogP contribution in [0.25, 0.3) is 0 Å². The molecule has 0 radical (unpaired) electrons. The van der Waals surface area contributed by atoms with E-state index in [9.17, 15) is 4.79 Å². The van der Waals surface area contributed by atoms with Crippen LogP contribution in [-0.2, 0) is 4.74 Å². The van der Waals surface area contributed by atoms with Crippen LogP contribution in [-0.4, -0.2) is 18.6 Å². The van der Waals surface area contributed by atoms with Crippen molar-refractivity contribution in [2.45, 2.75) is 46.1 Å². The van der Waals surface area contributed by atoms with Gasteiger partial charge in [-0.3, -0.25) is 0 Å². The van der Waals surface area contributed by atoms with Crippen LogP contribution in [0.3, 0.4) is 0 Å². The molecule has 4 heteroatoms. The molecule has 0 saturated heterocycles. The number of hydrogen-bond acceptors (Lipinski definition) is 4. The Morgan fingerprint density at radius 1 is 1.38 bits per heavy atom. The van der Waals surface area contributed by atoms with Gasteiger partial charge >= 0.3 is 5.97 Å². The molecule has 2 rings (SSSR count). The molecule has 0 aliphatic heterocycles. The van der Waals surface area contributed by atoms with Gasteiger partial charge in [0.05, 0.1) is 12.2 Å². The fraction of sp³-hybridized carbons (Fsp3) is 0.588. The molecule has 3 atom stereocenters. The van der Waals surface area contributed by atoms with E-state index in [0.29, 0.717) is 29.8 Å². The summed E-state index contributed by atoms with van der Waals surface area (Å²) in [6.45, 7) is 6.75. The largest absolute Gasteiger partial charge is 0.462 e. The number of ether oxygens (including phenoxy) is 1. The van der Waals surface area contributed by atoms with Crippen LogP contribution in [0.4, 0.5) is 11.4 Å². The zero-order chi connectivity index (χ0) is 15.4. The molecule has 4 nitrogen and oxygen atoms in total. The van der Waals surface area contributed by atoms with Crippen LogP contribution >= 0.6 is 0 Å². The van der Waals surface area contributed by atoms with Crippen LogP contribution in [0.15, 0.2) is 18.2 Å². The fourth-order valence-electron chi connectivity index (χ4n) is 3.15. The van der Waals surface area contributed by atoms with E-state index in [4.69, 9.17) is 10.5 Å². The molecule has 0 heterocycles. The van der Waals surface area contributed by atoms with Gasteiger partial charge < -0.3 is 15.8 Å². The molecule has 0 spiro atoms. The Morgan fingerprint density at radius 3 is 2.81 bits per heavy atom. The van der Waals surface area contributed by atoms with Crippen molar-refractivity contribution in [3.8, 4) is 0 Å². The van der Waals surface area contributed by atoms with Crippen molar-refractivity contribution >= 4 is 17.3 Å². The van der Waals surface area contributed by atoms with Crippen molar-refractivity contribution in [1.82, 2.24) is 0 Å². The monoisotopic (exact) mass is 290 g/mol. The van der Waals surface area contributed by atoms with E-state index in [2.05, 4.69) is 19.2 Å². The third-order valence-electron chi connectivity index (χ3n) is 4.31. The number of anilines is 2. The van der Waals surface area contributed by atoms with E-state index >= 15 is 0 Å². The molecule has 116 valence electrons. The molecule has 0 aromatic heterocycles. The number of rotatable bonds is 4. The van der Waals surface area contributed by atoms with Crippen LogP contribution in [0.1, 0.15) is 50.4 Å². The second-order valence-electron chi connectivity index (χ2n) is 6.17. The Bertz CT molecular complexity index is 502. The third kappa shape index (κ3) is 3.90. The summed E-state index contributed by atoms with van der Waals surface area (Å²) in [6, 6.07) is 5.79. The minimum absolute atomic E-state index is 0.316. The lowest BCUT2D eigenvalue weighted by molar-refractivity contribution is 0.0527. The Hall–Kier alpha value is -1.71. The maximum absolute atomic E-state index is 12.1. The normalized spacial score (nSPS) is 25.4. The van der Waals surface area contributed by atoms with Gasteiger partial charge in [-0.25, -0.2) is 4.79 Å². The lowest BCUT2D eigenvalue weighted by Gasteiger charge is -2.34. The Balaban J connectivity index is 2.17. The fourth-order valence-corrected chi connectivity index (χ4v) is 3.15. The summed E-state index contributed by atoms with van der Waals surface area (Å²) in [4.78, 5) is 12.1. The average Bonchev–Trinajstić information content (AvgIpc) is 2.43. The Labute approximate surface area is 127 Å². The molecule has 1 fully saturated rings. The van der Waals surface area contributed by atoms with Crippen molar-refractivity contribution in [3.63, 3.8) is 0 Å². The number of nitrogen functional groups attached to an aromatic ring is 1. The molecule has 1 aliphatic carbocycles. The highest BCUT2D eigenvalue weighted by molar-refractivity contribution is 5.96. The van der Waals surface area contributed by atoms with Gasteiger partial charge in [0.15, 0.2) is 0 Å². The van der Waals surface area contributed by atoms with Gasteiger partial charge in [0.2, 0.25) is 0 Å². The summed E-state index contributed by atoms with van der Waals surface area (Å²) in [7, 11) is 0. The van der Waals surface area contributed by atoms with Crippen molar-refractivity contribution < 1.29 is 9.53 Å². The molecule has 1 aromatic carbocycles. The first kappa shape index (κ1) is 15.7. The van der Waals surface area contributed by atoms with Crippen molar-refractivity contribution in [2.24, 2.45) is 11.8 Å². The molecular weight excluding hydrogens is 264 g/mol. The van der Waals surface area contributed by atoms with E-state index in [0.717, 1.165) is 18.0 Å². The molecule has 1 aliphatic rings. The van der Waals surface area contributed by atoms with Gasteiger partial charge in [0.25, 0.3) is 0 Å². The number of benzene rings is 1. The van der Waals surface area contributed by atoms with Crippen LogP contribution in [0.5, 0.6) is 0 Å². The second kappa shape index (κ2) is 6.83. The maximum atomic E-state index is 12.1. The van der Waals surface area contributed by atoms with Gasteiger partial charge in [0.1, 0.15) is 0 Å². The van der Waals surface area contributed by atoms with Gasteiger partial charge in [-0.05, 0) is 56.2 Å². The summed E-state index contributed by atoms with van der Waals surface area (Å²) < 4.78 is 5.12. The first-order valence-electron chi connectivity index (χ1n) is 7.84. The number of carbonyl (C=O) groups is 1. The topological polar surface area (TPSA) is 64.3 Å². The van der Waals surface area contributed by atoms with Crippen molar-refractivity contribution in [3.05, 3.63) is 23.8 Å². The highest BCUT2D eigenvalue weighted by Crippen LogP contribution is 2.32. The number of carbonyl (C=O) groups excluding carboxylic acids is 1. The van der Waals surface area contributed by atoms with Crippen molar-refractivity contribution in [1.29, 1.82) is 0 Å². The van der Waals surface area contributed by atoms with E-state index in [1.165, 1.54) is 12.8 Å². The molecular formula is C17H26N2O2. The smallest absolute Gasteiger partial charge is 0.340 e. The molecule has 21 heavy (non-hydrogen) atoms. The third-order valence-corrected chi connectivity index (χ3v) is 4.31. The summed E-state index contributed by atoms with van der Waals surface area (Å²) in [5, 5.41) is 3.53. The summed E-state index contributed by atoms with van der Waals surface area (Å²) in [6.07, 6.45) is 3.59. The second-order valence-corrected chi connectivity index (χ2v) is 6.17. The highest BCUT2D eigenvalue weighted by atomic mass is 16.5. The highest BCUT2D eigenvalue weighted by Gasteiger charge is 2.26. The number of nitrogens with two attached hydrogens (primary N) is 1. The van der Waals surface area contributed by atoms with Crippen LogP contribution in [0.2, 0.25) is 0 Å². The van der Waals surface area contributed by atoms with E-state index < -0.39 is 0 Å². The quantitative estimate of drug-likeness (QED) is 0.656. The Kier molecular flexibility index (Phi) is 5.10. The van der Waals surface area contributed by atoms with E-state index in [1.54, 1.807) is 6.07 Å². The first-order chi connectivity index (χ1) is 10.0. The zero-order valence-corrected chi connectivity index (χ0v) is 13.2. The predicted molar refractivity (Wildman–Crippen MR) is 86.4 cm³/mol. The van der Waals surface area contributed by atoms with Crippen LogP contribution in [0, 0.1) is 11.8 Å². The SMILES string of the molecule is CCOC(=O)c1cc(N)ccc1NC1CCC(C)CC1C. The lowest BCUT2D eigenvalue weighted by atomic mass is 9.79. The van der Waals surface area contributed by atoms with Gasteiger partial charge in [-0.2, -0.15) is 0 Å². The standard InChI is InChI=1S/C17H26N2O2/c1-4-21-17(20)14-10-13(18)6-8-16(14)19-15-7-5-11(2)9-12(15)3/h6,8,10-12,15,19H,4-5,7,9,18H2,1-3H3. The molecule has 1 saturated carbocycles. The van der Waals surface area contributed by atoms with Gasteiger partial charge in [-0.1, -0.05) is 13.8 Å². The maximum Gasteiger partial charge on any atom is 0.340 e. The minimum Gasteiger partial charge on any atom is -0.462 e. The van der Waals surface area contributed by atoms with E-state index in [-0.39, 0.29) is 5.97 Å².